The number of aromatic nitrogens is 1. The molecule has 16 heavy (non-hydrogen) atoms. The molecule has 0 aliphatic heterocycles. The van der Waals surface area contributed by atoms with Gasteiger partial charge in [-0.05, 0) is 28.1 Å². The van der Waals surface area contributed by atoms with Crippen LogP contribution < -0.4 is 0 Å². The van der Waals surface area contributed by atoms with E-state index in [1.807, 2.05) is 0 Å². The average Bonchev–Trinajstić information content (AvgIpc) is 2.64. The Morgan fingerprint density at radius 3 is 2.81 bits per heavy atom. The number of halogens is 2. The first kappa shape index (κ1) is 11.5. The number of thiazole rings is 1. The van der Waals surface area contributed by atoms with Crippen molar-refractivity contribution in [2.24, 2.45) is 0 Å². The van der Waals surface area contributed by atoms with Crippen LogP contribution in [0.5, 0.6) is 0 Å². The zero-order valence-electron chi connectivity index (χ0n) is 7.68. The number of nitro groups is 1. The van der Waals surface area contributed by atoms with Crippen molar-refractivity contribution in [2.75, 3.05) is 0 Å². The van der Waals surface area contributed by atoms with Gasteiger partial charge in [0, 0.05) is 16.5 Å². The summed E-state index contributed by atoms with van der Waals surface area (Å²) in [5, 5.41) is 13.0. The Balaban J connectivity index is 2.62. The van der Waals surface area contributed by atoms with Crippen molar-refractivity contribution < 1.29 is 4.92 Å². The summed E-state index contributed by atoms with van der Waals surface area (Å²) in [6.45, 7) is 0. The van der Waals surface area contributed by atoms with E-state index in [-0.39, 0.29) is 5.69 Å². The smallest absolute Gasteiger partial charge is 0.258 e. The molecule has 2 aromatic rings. The first-order valence-corrected chi connectivity index (χ1v) is 6.18. The summed E-state index contributed by atoms with van der Waals surface area (Å²) < 4.78 is 0.678. The summed E-state index contributed by atoms with van der Waals surface area (Å²) >= 11 is 10.4. The lowest BCUT2D eigenvalue weighted by molar-refractivity contribution is -0.384. The van der Waals surface area contributed by atoms with Crippen molar-refractivity contribution in [3.05, 3.63) is 42.6 Å². The standard InChI is InChI=1S/C9H4BrClN2O2S/c10-9-12-7(4-16-9)6-3-5(11)1-2-8(6)13(14)15/h1-4H. The van der Waals surface area contributed by atoms with E-state index < -0.39 is 4.92 Å². The largest absolute Gasteiger partial charge is 0.278 e. The van der Waals surface area contributed by atoms with Gasteiger partial charge < -0.3 is 0 Å². The minimum absolute atomic E-state index is 0.00204. The highest BCUT2D eigenvalue weighted by molar-refractivity contribution is 9.11. The van der Waals surface area contributed by atoms with Crippen molar-refractivity contribution in [1.29, 1.82) is 0 Å². The van der Waals surface area contributed by atoms with E-state index >= 15 is 0 Å². The summed E-state index contributed by atoms with van der Waals surface area (Å²) in [7, 11) is 0. The molecule has 0 N–H and O–H groups in total. The van der Waals surface area contributed by atoms with Gasteiger partial charge in [-0.15, -0.1) is 11.3 Å². The van der Waals surface area contributed by atoms with E-state index in [9.17, 15) is 10.1 Å². The van der Waals surface area contributed by atoms with Crippen molar-refractivity contribution >= 4 is 44.6 Å². The molecule has 1 heterocycles. The molecule has 82 valence electrons. The third-order valence-electron chi connectivity index (χ3n) is 1.91. The van der Waals surface area contributed by atoms with Crippen LogP contribution in [0.15, 0.2) is 27.5 Å². The Labute approximate surface area is 108 Å². The van der Waals surface area contributed by atoms with Crippen molar-refractivity contribution in [3.8, 4) is 11.3 Å². The van der Waals surface area contributed by atoms with Crippen LogP contribution in [-0.2, 0) is 0 Å². The lowest BCUT2D eigenvalue weighted by Gasteiger charge is -1.99. The molecule has 0 spiro atoms. The van der Waals surface area contributed by atoms with Gasteiger partial charge in [0.15, 0.2) is 3.92 Å². The Bertz CT molecular complexity index is 558. The van der Waals surface area contributed by atoms with Gasteiger partial charge in [-0.2, -0.15) is 0 Å². The molecule has 0 bridgehead atoms. The zero-order chi connectivity index (χ0) is 11.7. The fourth-order valence-corrected chi connectivity index (χ4v) is 2.43. The molecule has 1 aromatic heterocycles. The van der Waals surface area contributed by atoms with Crippen molar-refractivity contribution in [2.45, 2.75) is 0 Å². The molecular formula is C9H4BrClN2O2S. The van der Waals surface area contributed by atoms with Crippen LogP contribution in [0.1, 0.15) is 0 Å². The lowest BCUT2D eigenvalue weighted by atomic mass is 10.1. The highest BCUT2D eigenvalue weighted by Gasteiger charge is 2.17. The summed E-state index contributed by atoms with van der Waals surface area (Å²) in [5.41, 5.74) is 0.979. The number of nitro benzene ring substituents is 1. The van der Waals surface area contributed by atoms with Gasteiger partial charge >= 0.3 is 0 Å². The SMILES string of the molecule is O=[N+]([O-])c1ccc(Cl)cc1-c1csc(Br)n1. The maximum absolute atomic E-state index is 10.8. The van der Waals surface area contributed by atoms with Crippen molar-refractivity contribution in [1.82, 2.24) is 4.98 Å². The first-order valence-electron chi connectivity index (χ1n) is 4.13. The third-order valence-corrected chi connectivity index (χ3v) is 3.51. The Morgan fingerprint density at radius 1 is 1.50 bits per heavy atom. The molecule has 1 aromatic carbocycles. The maximum atomic E-state index is 10.8. The van der Waals surface area contributed by atoms with Crippen molar-refractivity contribution in [3.63, 3.8) is 0 Å². The van der Waals surface area contributed by atoms with Gasteiger partial charge in [0.1, 0.15) is 0 Å². The normalized spacial score (nSPS) is 10.4. The quantitative estimate of drug-likeness (QED) is 0.617. The Kier molecular flexibility index (Phi) is 3.22. The molecule has 7 heteroatoms. The summed E-state index contributed by atoms with van der Waals surface area (Å²) in [5.74, 6) is 0. The van der Waals surface area contributed by atoms with E-state index in [0.29, 0.717) is 20.2 Å². The van der Waals surface area contributed by atoms with E-state index in [1.165, 1.54) is 23.5 Å². The molecule has 0 atom stereocenters. The van der Waals surface area contributed by atoms with Gasteiger partial charge in [-0.3, -0.25) is 10.1 Å². The third kappa shape index (κ3) is 2.23. The molecule has 0 saturated heterocycles. The van der Waals surface area contributed by atoms with Crippen LogP contribution in [-0.4, -0.2) is 9.91 Å². The molecule has 0 aliphatic carbocycles. The molecular weight excluding hydrogens is 316 g/mol. The van der Waals surface area contributed by atoms with Gasteiger partial charge in [0.25, 0.3) is 5.69 Å². The molecule has 4 nitrogen and oxygen atoms in total. The zero-order valence-corrected chi connectivity index (χ0v) is 10.8. The second-order valence-electron chi connectivity index (χ2n) is 2.90. The topological polar surface area (TPSA) is 56.0 Å². The molecule has 2 rings (SSSR count). The average molecular weight is 320 g/mol. The number of benzene rings is 1. The van der Waals surface area contributed by atoms with E-state index in [4.69, 9.17) is 11.6 Å². The molecule has 0 radical (unpaired) electrons. The van der Waals surface area contributed by atoms with E-state index in [1.54, 1.807) is 11.4 Å². The van der Waals surface area contributed by atoms with Crippen LogP contribution >= 0.6 is 38.9 Å². The van der Waals surface area contributed by atoms with Crippen LogP contribution in [0.2, 0.25) is 5.02 Å². The fourth-order valence-electron chi connectivity index (χ4n) is 1.25. The van der Waals surface area contributed by atoms with Crippen LogP contribution in [0.4, 0.5) is 5.69 Å². The number of rotatable bonds is 2. The van der Waals surface area contributed by atoms with Crippen LogP contribution in [0, 0.1) is 10.1 Å². The van der Waals surface area contributed by atoms with Crippen LogP contribution in [0.3, 0.4) is 0 Å². The summed E-state index contributed by atoms with van der Waals surface area (Å²) in [6.07, 6.45) is 0. The first-order chi connectivity index (χ1) is 7.58. The summed E-state index contributed by atoms with van der Waals surface area (Å²) in [4.78, 5) is 14.5. The number of nitrogens with zero attached hydrogens (tertiary/aromatic N) is 2. The molecule has 0 unspecified atom stereocenters. The van der Waals surface area contributed by atoms with Gasteiger partial charge in [0.2, 0.25) is 0 Å². The minimum Gasteiger partial charge on any atom is -0.258 e. The van der Waals surface area contributed by atoms with E-state index in [0.717, 1.165) is 0 Å². The Morgan fingerprint density at radius 2 is 2.25 bits per heavy atom. The predicted molar refractivity (Wildman–Crippen MR) is 66.9 cm³/mol. The fraction of sp³-hybridized carbons (Fsp3) is 0. The van der Waals surface area contributed by atoms with Gasteiger partial charge in [0.05, 0.1) is 16.2 Å². The maximum Gasteiger partial charge on any atom is 0.278 e. The molecule has 0 saturated carbocycles. The lowest BCUT2D eigenvalue weighted by Crippen LogP contribution is -1.91. The second-order valence-corrected chi connectivity index (χ2v) is 5.47. The predicted octanol–water partition coefficient (Wildman–Crippen LogP) is 4.13. The highest BCUT2D eigenvalue weighted by Crippen LogP contribution is 2.33. The highest BCUT2D eigenvalue weighted by atomic mass is 79.9. The van der Waals surface area contributed by atoms with E-state index in [2.05, 4.69) is 20.9 Å². The Hall–Kier alpha value is -0.980. The molecule has 0 aliphatic rings. The number of hydrogen-bond donors (Lipinski definition) is 0. The molecule has 0 fully saturated rings. The van der Waals surface area contributed by atoms with Gasteiger partial charge in [-0.1, -0.05) is 11.6 Å². The molecule has 0 amide bonds. The minimum atomic E-state index is -0.446. The summed E-state index contributed by atoms with van der Waals surface area (Å²) in [6, 6.07) is 4.41. The number of hydrogen-bond acceptors (Lipinski definition) is 4. The van der Waals surface area contributed by atoms with Crippen LogP contribution in [0.25, 0.3) is 11.3 Å². The monoisotopic (exact) mass is 318 g/mol. The second kappa shape index (κ2) is 4.48. The van der Waals surface area contributed by atoms with Gasteiger partial charge in [-0.25, -0.2) is 4.98 Å².